The second-order valence-electron chi connectivity index (χ2n) is 6.94. The molecule has 0 aromatic heterocycles. The first kappa shape index (κ1) is 17.7. The molecule has 2 rings (SSSR count). The number of amides is 1. The molecule has 2 saturated heterocycles. The number of ether oxygens (including phenoxy) is 1. The molecule has 128 valence electrons. The Morgan fingerprint density at radius 3 is 2.23 bits per heavy atom. The fourth-order valence-electron chi connectivity index (χ4n) is 3.58. The summed E-state index contributed by atoms with van der Waals surface area (Å²) in [6.07, 6.45) is 14.5. The Kier molecular flexibility index (Phi) is 7.67. The molecule has 2 aliphatic heterocycles. The molecule has 0 aromatic carbocycles. The highest BCUT2D eigenvalue weighted by molar-refractivity contribution is 5.87. The molecule has 2 aliphatic rings. The van der Waals surface area contributed by atoms with E-state index in [0.717, 1.165) is 38.8 Å². The molecule has 2 N–H and O–H groups in total. The molecule has 1 spiro atoms. The van der Waals surface area contributed by atoms with E-state index in [2.05, 4.69) is 17.6 Å². The lowest BCUT2D eigenvalue weighted by Gasteiger charge is -2.30. The van der Waals surface area contributed by atoms with Crippen molar-refractivity contribution in [2.75, 3.05) is 13.1 Å². The first-order valence-electron chi connectivity index (χ1n) is 9.46. The van der Waals surface area contributed by atoms with Gasteiger partial charge in [-0.25, -0.2) is 0 Å². The fourth-order valence-corrected chi connectivity index (χ4v) is 3.58. The number of nitrogens with one attached hydrogen (secondary N) is 2. The maximum Gasteiger partial charge on any atom is 0.254 e. The Morgan fingerprint density at radius 2 is 1.59 bits per heavy atom. The van der Waals surface area contributed by atoms with Gasteiger partial charge in [0.2, 0.25) is 0 Å². The average molecular weight is 310 g/mol. The van der Waals surface area contributed by atoms with E-state index < -0.39 is 5.60 Å². The van der Waals surface area contributed by atoms with E-state index in [1.807, 2.05) is 0 Å². The van der Waals surface area contributed by atoms with E-state index in [1.165, 1.54) is 51.4 Å². The number of rotatable bonds is 10. The second-order valence-corrected chi connectivity index (χ2v) is 6.94. The number of piperidine rings is 1. The van der Waals surface area contributed by atoms with Crippen LogP contribution in [-0.2, 0) is 9.53 Å². The van der Waals surface area contributed by atoms with Gasteiger partial charge in [0.1, 0.15) is 6.23 Å². The van der Waals surface area contributed by atoms with Crippen LogP contribution in [0, 0.1) is 0 Å². The predicted octanol–water partition coefficient (Wildman–Crippen LogP) is 3.50. The zero-order chi connectivity index (χ0) is 15.7. The van der Waals surface area contributed by atoms with Crippen molar-refractivity contribution >= 4 is 5.91 Å². The lowest BCUT2D eigenvalue weighted by molar-refractivity contribution is -0.137. The van der Waals surface area contributed by atoms with Crippen molar-refractivity contribution < 1.29 is 9.53 Å². The Balaban J connectivity index is 1.50. The van der Waals surface area contributed by atoms with Crippen molar-refractivity contribution in [3.63, 3.8) is 0 Å². The van der Waals surface area contributed by atoms with Crippen LogP contribution in [0.25, 0.3) is 0 Å². The van der Waals surface area contributed by atoms with Gasteiger partial charge in [-0.15, -0.1) is 0 Å². The summed E-state index contributed by atoms with van der Waals surface area (Å²) in [6, 6.07) is 0. The highest BCUT2D eigenvalue weighted by atomic mass is 16.5. The van der Waals surface area contributed by atoms with Gasteiger partial charge >= 0.3 is 0 Å². The molecule has 0 aromatic rings. The standard InChI is InChI=1S/C18H34N2O2/c1-2-3-4-5-6-7-8-9-10-11-16-20-17(21)18(22-16)12-14-19-15-13-18/h16,19H,2-15H2,1H3,(H,20,21). The van der Waals surface area contributed by atoms with E-state index >= 15 is 0 Å². The van der Waals surface area contributed by atoms with Gasteiger partial charge in [-0.1, -0.05) is 58.3 Å². The minimum atomic E-state index is -0.519. The van der Waals surface area contributed by atoms with Gasteiger partial charge in [0.15, 0.2) is 5.60 Å². The normalized spacial score (nSPS) is 23.9. The topological polar surface area (TPSA) is 50.4 Å². The monoisotopic (exact) mass is 310 g/mol. The summed E-state index contributed by atoms with van der Waals surface area (Å²) in [5.41, 5.74) is -0.519. The van der Waals surface area contributed by atoms with Crippen molar-refractivity contribution in [2.45, 2.75) is 95.8 Å². The minimum Gasteiger partial charge on any atom is -0.342 e. The number of carbonyl (C=O) groups is 1. The van der Waals surface area contributed by atoms with E-state index in [0.29, 0.717) is 0 Å². The van der Waals surface area contributed by atoms with Gasteiger partial charge in [-0.3, -0.25) is 4.79 Å². The maximum atomic E-state index is 12.2. The SMILES string of the molecule is CCCCCCCCCCCC1NC(=O)C2(CCNCC2)O1. The van der Waals surface area contributed by atoms with Crippen LogP contribution < -0.4 is 10.6 Å². The summed E-state index contributed by atoms with van der Waals surface area (Å²) in [7, 11) is 0. The molecule has 1 amide bonds. The van der Waals surface area contributed by atoms with Crippen molar-refractivity contribution in [1.82, 2.24) is 10.6 Å². The van der Waals surface area contributed by atoms with Crippen LogP contribution in [0.5, 0.6) is 0 Å². The molecular weight excluding hydrogens is 276 g/mol. The quantitative estimate of drug-likeness (QED) is 0.607. The van der Waals surface area contributed by atoms with Crippen LogP contribution in [0.4, 0.5) is 0 Å². The highest BCUT2D eigenvalue weighted by Gasteiger charge is 2.48. The molecule has 0 saturated carbocycles. The van der Waals surface area contributed by atoms with Gasteiger partial charge in [0.05, 0.1) is 0 Å². The Hall–Kier alpha value is -0.610. The molecule has 0 aliphatic carbocycles. The van der Waals surface area contributed by atoms with Crippen molar-refractivity contribution in [3.05, 3.63) is 0 Å². The zero-order valence-electron chi connectivity index (χ0n) is 14.3. The lowest BCUT2D eigenvalue weighted by atomic mass is 9.92. The summed E-state index contributed by atoms with van der Waals surface area (Å²) >= 11 is 0. The molecule has 4 heteroatoms. The van der Waals surface area contributed by atoms with Gasteiger partial charge in [0, 0.05) is 0 Å². The molecule has 2 heterocycles. The molecule has 22 heavy (non-hydrogen) atoms. The Morgan fingerprint density at radius 1 is 1.00 bits per heavy atom. The first-order chi connectivity index (χ1) is 10.8. The van der Waals surface area contributed by atoms with Crippen molar-refractivity contribution in [2.24, 2.45) is 0 Å². The van der Waals surface area contributed by atoms with Crippen LogP contribution in [-0.4, -0.2) is 30.8 Å². The summed E-state index contributed by atoms with van der Waals surface area (Å²) in [5.74, 6) is 0.120. The summed E-state index contributed by atoms with van der Waals surface area (Å²) in [4.78, 5) is 12.2. The molecular formula is C18H34N2O2. The molecule has 1 unspecified atom stereocenters. The van der Waals surface area contributed by atoms with Gasteiger partial charge in [0.25, 0.3) is 5.91 Å². The molecule has 1 atom stereocenters. The number of unbranched alkanes of at least 4 members (excludes halogenated alkanes) is 8. The second kappa shape index (κ2) is 9.51. The van der Waals surface area contributed by atoms with Crippen LogP contribution in [0.2, 0.25) is 0 Å². The maximum absolute atomic E-state index is 12.2. The average Bonchev–Trinajstić information content (AvgIpc) is 2.82. The van der Waals surface area contributed by atoms with E-state index in [4.69, 9.17) is 4.74 Å². The summed E-state index contributed by atoms with van der Waals surface area (Å²) < 4.78 is 6.07. The largest absolute Gasteiger partial charge is 0.342 e. The third kappa shape index (κ3) is 5.24. The van der Waals surface area contributed by atoms with Crippen LogP contribution in [0.15, 0.2) is 0 Å². The highest BCUT2D eigenvalue weighted by Crippen LogP contribution is 2.30. The van der Waals surface area contributed by atoms with Crippen molar-refractivity contribution in [1.29, 1.82) is 0 Å². The molecule has 4 nitrogen and oxygen atoms in total. The number of hydrogen-bond acceptors (Lipinski definition) is 3. The zero-order valence-corrected chi connectivity index (χ0v) is 14.3. The smallest absolute Gasteiger partial charge is 0.254 e. The van der Waals surface area contributed by atoms with Gasteiger partial charge < -0.3 is 15.4 Å². The van der Waals surface area contributed by atoms with Gasteiger partial charge in [-0.05, 0) is 38.8 Å². The Bertz CT molecular complexity index is 327. The predicted molar refractivity (Wildman–Crippen MR) is 89.7 cm³/mol. The van der Waals surface area contributed by atoms with Gasteiger partial charge in [-0.2, -0.15) is 0 Å². The summed E-state index contributed by atoms with van der Waals surface area (Å²) in [6.45, 7) is 4.04. The van der Waals surface area contributed by atoms with E-state index in [9.17, 15) is 4.79 Å². The van der Waals surface area contributed by atoms with Crippen molar-refractivity contribution in [3.8, 4) is 0 Å². The molecule has 2 fully saturated rings. The fraction of sp³-hybridized carbons (Fsp3) is 0.944. The summed E-state index contributed by atoms with van der Waals surface area (Å²) in [5, 5.41) is 6.35. The lowest BCUT2D eigenvalue weighted by Crippen LogP contribution is -2.47. The number of carbonyl (C=O) groups excluding carboxylic acids is 1. The third-order valence-corrected chi connectivity index (χ3v) is 5.05. The van der Waals surface area contributed by atoms with Crippen LogP contribution in [0.3, 0.4) is 0 Å². The van der Waals surface area contributed by atoms with E-state index in [-0.39, 0.29) is 12.1 Å². The molecule has 0 bridgehead atoms. The Labute approximate surface area is 135 Å². The molecule has 0 radical (unpaired) electrons. The van der Waals surface area contributed by atoms with E-state index in [1.54, 1.807) is 0 Å². The van der Waals surface area contributed by atoms with Crippen LogP contribution in [0.1, 0.15) is 84.0 Å². The number of hydrogen-bond donors (Lipinski definition) is 2. The minimum absolute atomic E-state index is 0.0462. The first-order valence-corrected chi connectivity index (χ1v) is 9.46. The third-order valence-electron chi connectivity index (χ3n) is 5.05. The van der Waals surface area contributed by atoms with Crippen LogP contribution >= 0.6 is 0 Å².